The number of piperidine rings is 1. The van der Waals surface area contributed by atoms with E-state index < -0.39 is 5.82 Å². The first-order valence-electron chi connectivity index (χ1n) is 9.12. The van der Waals surface area contributed by atoms with Gasteiger partial charge in [-0.25, -0.2) is 4.39 Å². The molecule has 3 aromatic rings. The zero-order chi connectivity index (χ0) is 18.4. The molecular weight excluding hydrogens is 345 g/mol. The zero-order valence-electron chi connectivity index (χ0n) is 14.7. The minimum Gasteiger partial charge on any atom is -0.365 e. The summed E-state index contributed by atoms with van der Waals surface area (Å²) in [4.78, 5) is 4.46. The summed E-state index contributed by atoms with van der Waals surface area (Å²) >= 11 is 0. The number of rotatable bonds is 2. The minimum absolute atomic E-state index is 0.138. The third-order valence-electron chi connectivity index (χ3n) is 5.75. The van der Waals surface area contributed by atoms with Gasteiger partial charge in [-0.2, -0.15) is 9.78 Å². The van der Waals surface area contributed by atoms with Crippen LogP contribution < -0.4 is 9.80 Å². The van der Waals surface area contributed by atoms with Crippen molar-refractivity contribution in [2.45, 2.75) is 18.9 Å². The number of nitriles is 1. The summed E-state index contributed by atoms with van der Waals surface area (Å²) in [5.41, 5.74) is 1.56. The molecule has 0 radical (unpaired) electrons. The van der Waals surface area contributed by atoms with Crippen LogP contribution in [0.25, 0.3) is 5.65 Å². The van der Waals surface area contributed by atoms with Crippen molar-refractivity contribution in [2.75, 3.05) is 29.4 Å². The number of hydrogen-bond donors (Lipinski definition) is 0. The van der Waals surface area contributed by atoms with Gasteiger partial charge in [-0.15, -0.1) is 15.3 Å². The van der Waals surface area contributed by atoms with Gasteiger partial charge in [0, 0.05) is 25.7 Å². The highest BCUT2D eigenvalue weighted by Gasteiger charge is 2.39. The lowest BCUT2D eigenvalue weighted by atomic mass is 9.92. The second-order valence-electron chi connectivity index (χ2n) is 7.12. The number of anilines is 2. The lowest BCUT2D eigenvalue weighted by Crippen LogP contribution is -2.49. The summed E-state index contributed by atoms with van der Waals surface area (Å²) in [6.45, 7) is 2.58. The van der Waals surface area contributed by atoms with E-state index in [2.05, 4.69) is 25.1 Å². The van der Waals surface area contributed by atoms with E-state index in [9.17, 15) is 9.65 Å². The molecule has 2 aromatic heterocycles. The first-order chi connectivity index (χ1) is 13.2. The molecule has 2 aliphatic heterocycles. The fraction of sp³-hybridized carbons (Fsp3) is 0.368. The molecule has 0 saturated carbocycles. The third-order valence-corrected chi connectivity index (χ3v) is 5.75. The molecule has 5 rings (SSSR count). The number of halogens is 1. The second kappa shape index (κ2) is 6.20. The summed E-state index contributed by atoms with van der Waals surface area (Å²) in [6.07, 6.45) is 3.72. The largest absolute Gasteiger partial charge is 0.365 e. The fourth-order valence-corrected chi connectivity index (χ4v) is 4.40. The van der Waals surface area contributed by atoms with Crippen molar-refractivity contribution >= 4 is 17.2 Å². The third kappa shape index (κ3) is 2.58. The van der Waals surface area contributed by atoms with Crippen LogP contribution in [0.4, 0.5) is 15.9 Å². The Labute approximate surface area is 155 Å². The van der Waals surface area contributed by atoms with Gasteiger partial charge in [-0.1, -0.05) is 6.07 Å². The maximum Gasteiger partial charge on any atom is 0.177 e. The van der Waals surface area contributed by atoms with E-state index in [1.807, 2.05) is 24.3 Å². The molecule has 2 fully saturated rings. The summed E-state index contributed by atoms with van der Waals surface area (Å²) in [6, 6.07) is 11.0. The van der Waals surface area contributed by atoms with Crippen molar-refractivity contribution in [3.05, 3.63) is 48.0 Å². The highest BCUT2D eigenvalue weighted by molar-refractivity contribution is 5.62. The Hall–Kier alpha value is -3.21. The van der Waals surface area contributed by atoms with Crippen LogP contribution in [0.5, 0.6) is 0 Å². The van der Waals surface area contributed by atoms with E-state index in [1.54, 1.807) is 16.9 Å². The standard InChI is InChI=1S/C19H18FN7/c20-15-2-1-3-16(14(15)10-21)26-9-7-13-6-8-25(11-17(13)26)19-5-4-18-23-22-12-27(18)24-19/h1-5,12-13,17H,6-9,11H2. The molecule has 1 aromatic carbocycles. The van der Waals surface area contributed by atoms with Gasteiger partial charge in [-0.05, 0) is 43.0 Å². The Morgan fingerprint density at radius 2 is 2.04 bits per heavy atom. The van der Waals surface area contributed by atoms with E-state index in [0.29, 0.717) is 11.6 Å². The Morgan fingerprint density at radius 1 is 1.15 bits per heavy atom. The number of nitrogens with zero attached hydrogens (tertiary/aromatic N) is 7. The Balaban J connectivity index is 1.45. The summed E-state index contributed by atoms with van der Waals surface area (Å²) in [7, 11) is 0. The Kier molecular flexibility index (Phi) is 3.67. The maximum atomic E-state index is 14.1. The predicted octanol–water partition coefficient (Wildman–Crippen LogP) is 2.24. The lowest BCUT2D eigenvalue weighted by molar-refractivity contribution is 0.388. The predicted molar refractivity (Wildman–Crippen MR) is 98.0 cm³/mol. The number of aromatic nitrogens is 4. The van der Waals surface area contributed by atoms with E-state index in [0.717, 1.165) is 43.9 Å². The molecule has 2 unspecified atom stereocenters. The van der Waals surface area contributed by atoms with Gasteiger partial charge in [0.25, 0.3) is 0 Å². The van der Waals surface area contributed by atoms with Gasteiger partial charge in [-0.3, -0.25) is 0 Å². The molecule has 0 spiro atoms. The van der Waals surface area contributed by atoms with Crippen molar-refractivity contribution in [1.82, 2.24) is 19.8 Å². The van der Waals surface area contributed by atoms with Crippen molar-refractivity contribution in [3.63, 3.8) is 0 Å². The number of hydrogen-bond acceptors (Lipinski definition) is 6. The highest BCUT2D eigenvalue weighted by Crippen LogP contribution is 2.37. The van der Waals surface area contributed by atoms with Gasteiger partial charge in [0.15, 0.2) is 5.65 Å². The fourth-order valence-electron chi connectivity index (χ4n) is 4.40. The van der Waals surface area contributed by atoms with E-state index >= 15 is 0 Å². The first kappa shape index (κ1) is 16.0. The van der Waals surface area contributed by atoms with Crippen LogP contribution in [0.3, 0.4) is 0 Å². The van der Waals surface area contributed by atoms with Crippen LogP contribution in [0.15, 0.2) is 36.7 Å². The SMILES string of the molecule is N#Cc1c(F)cccc1N1CCC2CCN(c3ccc4nncn4n3)CC21. The van der Waals surface area contributed by atoms with E-state index in [-0.39, 0.29) is 11.6 Å². The lowest BCUT2D eigenvalue weighted by Gasteiger charge is -2.40. The number of benzene rings is 1. The maximum absolute atomic E-state index is 14.1. The monoisotopic (exact) mass is 363 g/mol. The molecule has 2 atom stereocenters. The Morgan fingerprint density at radius 3 is 2.93 bits per heavy atom. The van der Waals surface area contributed by atoms with Crippen LogP contribution in [0, 0.1) is 23.1 Å². The smallest absolute Gasteiger partial charge is 0.177 e. The van der Waals surface area contributed by atoms with Crippen LogP contribution >= 0.6 is 0 Å². The highest BCUT2D eigenvalue weighted by atomic mass is 19.1. The van der Waals surface area contributed by atoms with Crippen LogP contribution in [-0.4, -0.2) is 45.5 Å². The molecule has 2 saturated heterocycles. The topological polar surface area (TPSA) is 73.4 Å². The minimum atomic E-state index is -0.453. The summed E-state index contributed by atoms with van der Waals surface area (Å²) in [5, 5.41) is 21.9. The molecule has 4 heterocycles. The molecular formula is C19H18FN7. The summed E-state index contributed by atoms with van der Waals surface area (Å²) in [5.74, 6) is 0.980. The van der Waals surface area contributed by atoms with Crippen molar-refractivity contribution < 1.29 is 4.39 Å². The van der Waals surface area contributed by atoms with Gasteiger partial charge in [0.1, 0.15) is 29.6 Å². The summed E-state index contributed by atoms with van der Waals surface area (Å²) < 4.78 is 15.8. The second-order valence-corrected chi connectivity index (χ2v) is 7.12. The van der Waals surface area contributed by atoms with Gasteiger partial charge in [0.2, 0.25) is 0 Å². The van der Waals surface area contributed by atoms with Crippen LogP contribution in [0.1, 0.15) is 18.4 Å². The van der Waals surface area contributed by atoms with Crippen LogP contribution in [0.2, 0.25) is 0 Å². The number of fused-ring (bicyclic) bond motifs is 2. The molecule has 0 amide bonds. The average Bonchev–Trinajstić information content (AvgIpc) is 3.33. The zero-order valence-corrected chi connectivity index (χ0v) is 14.7. The molecule has 0 N–H and O–H groups in total. The first-order valence-corrected chi connectivity index (χ1v) is 9.12. The van der Waals surface area contributed by atoms with Gasteiger partial charge in [0.05, 0.1) is 5.69 Å². The molecule has 7 nitrogen and oxygen atoms in total. The van der Waals surface area contributed by atoms with Gasteiger partial charge < -0.3 is 9.80 Å². The average molecular weight is 363 g/mol. The molecule has 0 aliphatic carbocycles. The molecule has 0 bridgehead atoms. The molecule has 27 heavy (non-hydrogen) atoms. The van der Waals surface area contributed by atoms with Gasteiger partial charge >= 0.3 is 0 Å². The molecule has 8 heteroatoms. The van der Waals surface area contributed by atoms with E-state index in [1.165, 1.54) is 6.07 Å². The van der Waals surface area contributed by atoms with Crippen molar-refractivity contribution in [1.29, 1.82) is 5.26 Å². The van der Waals surface area contributed by atoms with Crippen molar-refractivity contribution in [2.24, 2.45) is 5.92 Å². The normalized spacial score (nSPS) is 22.1. The quantitative estimate of drug-likeness (QED) is 0.695. The van der Waals surface area contributed by atoms with Crippen LogP contribution in [-0.2, 0) is 0 Å². The van der Waals surface area contributed by atoms with E-state index in [4.69, 9.17) is 0 Å². The molecule has 136 valence electrons. The Bertz CT molecular complexity index is 1040. The van der Waals surface area contributed by atoms with Crippen molar-refractivity contribution in [3.8, 4) is 6.07 Å². The molecule has 2 aliphatic rings.